The smallest absolute Gasteiger partial charge is 0.315 e. The molecule has 0 aliphatic heterocycles. The van der Waals surface area contributed by atoms with E-state index in [0.29, 0.717) is 10.6 Å². The minimum atomic E-state index is -4.69. The van der Waals surface area contributed by atoms with E-state index in [1.807, 2.05) is 0 Å². The van der Waals surface area contributed by atoms with E-state index in [-0.39, 0.29) is 5.69 Å². The van der Waals surface area contributed by atoms with Crippen molar-refractivity contribution >= 4 is 33.8 Å². The first-order valence-corrected chi connectivity index (χ1v) is 9.06. The van der Waals surface area contributed by atoms with Crippen molar-refractivity contribution in [1.82, 2.24) is 9.78 Å². The Kier molecular flexibility index (Phi) is 4.99. The first-order chi connectivity index (χ1) is 12.2. The standard InChI is InChI=1S/C16H14ClF3N4OS/c1-8-13(17)14(16(18,19)20)23-24(8)7-12(25)22-15-10(6-21)9-4-2-3-5-11(9)26-15/h2-5,7H2,1H3,(H,22,25). The first-order valence-electron chi connectivity index (χ1n) is 7.87. The molecule has 0 radical (unpaired) electrons. The van der Waals surface area contributed by atoms with Crippen molar-refractivity contribution in [3.8, 4) is 6.07 Å². The van der Waals surface area contributed by atoms with Gasteiger partial charge in [-0.3, -0.25) is 9.48 Å². The van der Waals surface area contributed by atoms with E-state index in [2.05, 4.69) is 16.5 Å². The number of carbonyl (C=O) groups excluding carboxylic acids is 1. The SMILES string of the molecule is Cc1c(Cl)c(C(F)(F)F)nn1CC(=O)Nc1sc2c(c1C#N)CCCC2. The van der Waals surface area contributed by atoms with E-state index in [0.717, 1.165) is 40.8 Å². The number of aromatic nitrogens is 2. The van der Waals surface area contributed by atoms with Gasteiger partial charge in [0, 0.05) is 4.88 Å². The van der Waals surface area contributed by atoms with E-state index in [9.17, 15) is 23.2 Å². The lowest BCUT2D eigenvalue weighted by Crippen LogP contribution is -2.20. The highest BCUT2D eigenvalue weighted by Gasteiger charge is 2.38. The third-order valence-electron chi connectivity index (χ3n) is 4.23. The van der Waals surface area contributed by atoms with Crippen LogP contribution in [0.25, 0.3) is 0 Å². The summed E-state index contributed by atoms with van der Waals surface area (Å²) in [7, 11) is 0. The summed E-state index contributed by atoms with van der Waals surface area (Å²) in [5, 5.41) is 15.3. The van der Waals surface area contributed by atoms with E-state index in [1.165, 1.54) is 18.3 Å². The molecule has 3 rings (SSSR count). The number of alkyl halides is 3. The zero-order chi connectivity index (χ0) is 19.1. The number of nitrogens with one attached hydrogen (secondary N) is 1. The molecule has 0 fully saturated rings. The number of fused-ring (bicyclic) bond motifs is 1. The summed E-state index contributed by atoms with van der Waals surface area (Å²) in [6.45, 7) is 0.942. The van der Waals surface area contributed by atoms with Crippen molar-refractivity contribution < 1.29 is 18.0 Å². The summed E-state index contributed by atoms with van der Waals surface area (Å²) in [5.74, 6) is -0.559. The molecule has 2 heterocycles. The maximum absolute atomic E-state index is 12.9. The Labute approximate surface area is 156 Å². The fourth-order valence-electron chi connectivity index (χ4n) is 2.93. The van der Waals surface area contributed by atoms with Crippen molar-refractivity contribution in [1.29, 1.82) is 5.26 Å². The summed E-state index contributed by atoms with van der Waals surface area (Å²) >= 11 is 7.03. The fraction of sp³-hybridized carbons (Fsp3) is 0.438. The van der Waals surface area contributed by atoms with E-state index in [4.69, 9.17) is 11.6 Å². The van der Waals surface area contributed by atoms with Gasteiger partial charge in [0.05, 0.1) is 16.3 Å². The van der Waals surface area contributed by atoms with Gasteiger partial charge >= 0.3 is 6.18 Å². The van der Waals surface area contributed by atoms with Crippen molar-refractivity contribution in [2.75, 3.05) is 5.32 Å². The quantitative estimate of drug-likeness (QED) is 0.831. The Hall–Kier alpha value is -2.05. The number of carbonyl (C=O) groups is 1. The molecule has 0 saturated heterocycles. The minimum absolute atomic E-state index is 0.0557. The number of anilines is 1. The molecule has 1 aliphatic carbocycles. The van der Waals surface area contributed by atoms with Crippen LogP contribution in [0.4, 0.5) is 18.2 Å². The number of hydrogen-bond acceptors (Lipinski definition) is 4. The number of nitrogens with zero attached hydrogens (tertiary/aromatic N) is 3. The van der Waals surface area contributed by atoms with Gasteiger partial charge in [0.2, 0.25) is 5.91 Å². The van der Waals surface area contributed by atoms with Gasteiger partial charge in [-0.2, -0.15) is 23.5 Å². The second-order valence-electron chi connectivity index (χ2n) is 5.98. The highest BCUT2D eigenvalue weighted by molar-refractivity contribution is 7.16. The zero-order valence-corrected chi connectivity index (χ0v) is 15.3. The summed E-state index contributed by atoms with van der Waals surface area (Å²) in [5.41, 5.74) is 0.259. The zero-order valence-electron chi connectivity index (χ0n) is 13.7. The molecule has 10 heteroatoms. The maximum atomic E-state index is 12.9. The van der Waals surface area contributed by atoms with Crippen LogP contribution in [-0.4, -0.2) is 15.7 Å². The van der Waals surface area contributed by atoms with Gasteiger partial charge < -0.3 is 5.32 Å². The Balaban J connectivity index is 1.81. The Morgan fingerprint density at radius 2 is 2.12 bits per heavy atom. The Morgan fingerprint density at radius 3 is 2.73 bits per heavy atom. The predicted octanol–water partition coefficient (Wildman–Crippen LogP) is 4.31. The molecule has 2 aromatic rings. The third kappa shape index (κ3) is 3.44. The lowest BCUT2D eigenvalue weighted by atomic mass is 9.96. The summed E-state index contributed by atoms with van der Waals surface area (Å²) in [4.78, 5) is 13.4. The third-order valence-corrected chi connectivity index (χ3v) is 5.89. The lowest BCUT2D eigenvalue weighted by molar-refractivity contribution is -0.141. The highest BCUT2D eigenvalue weighted by Crippen LogP contribution is 2.38. The van der Waals surface area contributed by atoms with Gasteiger partial charge in [0.25, 0.3) is 0 Å². The minimum Gasteiger partial charge on any atom is -0.315 e. The molecule has 1 amide bonds. The number of halogens is 4. The highest BCUT2D eigenvalue weighted by atomic mass is 35.5. The average Bonchev–Trinajstić information content (AvgIpc) is 3.06. The Morgan fingerprint density at radius 1 is 1.42 bits per heavy atom. The molecule has 2 aromatic heterocycles. The normalized spacial score (nSPS) is 14.0. The number of aryl methyl sites for hydroxylation is 1. The number of amides is 1. The molecular formula is C16H14ClF3N4OS. The van der Waals surface area contributed by atoms with Crippen molar-refractivity contribution in [2.24, 2.45) is 0 Å². The van der Waals surface area contributed by atoms with Gasteiger partial charge in [-0.25, -0.2) is 0 Å². The van der Waals surface area contributed by atoms with Crippen LogP contribution in [0.2, 0.25) is 5.02 Å². The van der Waals surface area contributed by atoms with Crippen LogP contribution in [0, 0.1) is 18.3 Å². The summed E-state index contributed by atoms with van der Waals surface area (Å²) in [6, 6.07) is 2.12. The molecule has 138 valence electrons. The van der Waals surface area contributed by atoms with Gasteiger partial charge in [-0.15, -0.1) is 11.3 Å². The van der Waals surface area contributed by atoms with Gasteiger partial charge in [0.15, 0.2) is 5.69 Å². The first kappa shape index (κ1) is 18.7. The maximum Gasteiger partial charge on any atom is 0.436 e. The molecule has 1 aliphatic rings. The second-order valence-corrected chi connectivity index (χ2v) is 7.46. The second kappa shape index (κ2) is 6.93. The van der Waals surface area contributed by atoms with Crippen LogP contribution in [0.15, 0.2) is 0 Å². The van der Waals surface area contributed by atoms with E-state index in [1.54, 1.807) is 0 Å². The van der Waals surface area contributed by atoms with Crippen molar-refractivity contribution in [2.45, 2.75) is 45.3 Å². The molecule has 5 nitrogen and oxygen atoms in total. The lowest BCUT2D eigenvalue weighted by Gasteiger charge is -2.09. The Bertz CT molecular complexity index is 910. The van der Waals surface area contributed by atoms with Crippen LogP contribution in [0.1, 0.15) is 40.2 Å². The largest absolute Gasteiger partial charge is 0.436 e. The fourth-order valence-corrected chi connectivity index (χ4v) is 4.43. The van der Waals surface area contributed by atoms with Gasteiger partial charge in [-0.05, 0) is 38.2 Å². The topological polar surface area (TPSA) is 70.7 Å². The molecule has 0 aromatic carbocycles. The summed E-state index contributed by atoms with van der Waals surface area (Å²) in [6.07, 6.45) is -0.987. The average molecular weight is 403 g/mol. The molecule has 0 unspecified atom stereocenters. The summed E-state index contributed by atoms with van der Waals surface area (Å²) < 4.78 is 39.5. The molecule has 0 saturated carbocycles. The van der Waals surface area contributed by atoms with Crippen LogP contribution < -0.4 is 5.32 Å². The van der Waals surface area contributed by atoms with E-state index < -0.39 is 29.3 Å². The van der Waals surface area contributed by atoms with Crippen LogP contribution >= 0.6 is 22.9 Å². The number of nitriles is 1. The van der Waals surface area contributed by atoms with Crippen molar-refractivity contribution in [3.05, 3.63) is 32.4 Å². The molecule has 26 heavy (non-hydrogen) atoms. The molecule has 0 atom stereocenters. The van der Waals surface area contributed by atoms with Gasteiger partial charge in [0.1, 0.15) is 17.6 Å². The monoisotopic (exact) mass is 402 g/mol. The van der Waals surface area contributed by atoms with Crippen LogP contribution in [-0.2, 0) is 30.4 Å². The van der Waals surface area contributed by atoms with Crippen molar-refractivity contribution in [3.63, 3.8) is 0 Å². The molecule has 1 N–H and O–H groups in total. The molecule has 0 spiro atoms. The van der Waals surface area contributed by atoms with Crippen LogP contribution in [0.3, 0.4) is 0 Å². The number of rotatable bonds is 3. The molecule has 0 bridgehead atoms. The van der Waals surface area contributed by atoms with Crippen LogP contribution in [0.5, 0.6) is 0 Å². The number of hydrogen-bond donors (Lipinski definition) is 1. The van der Waals surface area contributed by atoms with E-state index >= 15 is 0 Å². The van der Waals surface area contributed by atoms with Gasteiger partial charge in [-0.1, -0.05) is 11.6 Å². The molecular weight excluding hydrogens is 389 g/mol. The predicted molar refractivity (Wildman–Crippen MR) is 91.3 cm³/mol. The number of thiophene rings is 1.